The first-order valence-electron chi connectivity index (χ1n) is 11.2. The van der Waals surface area contributed by atoms with Crippen LogP contribution >= 0.6 is 0 Å². The third kappa shape index (κ3) is 4.43. The summed E-state index contributed by atoms with van der Waals surface area (Å²) in [6, 6.07) is 24.3. The van der Waals surface area contributed by atoms with Gasteiger partial charge in [0.15, 0.2) is 0 Å². The molecular weight excluding hydrogens is 398 g/mol. The van der Waals surface area contributed by atoms with E-state index >= 15 is 0 Å². The maximum absolute atomic E-state index is 13.8. The Bertz CT molecular complexity index is 1130. The van der Waals surface area contributed by atoms with Crippen molar-refractivity contribution in [2.75, 3.05) is 26.3 Å². The second kappa shape index (κ2) is 9.37. The second-order valence-corrected chi connectivity index (χ2v) is 8.41. The summed E-state index contributed by atoms with van der Waals surface area (Å²) in [5.74, 6) is 0.0797. The van der Waals surface area contributed by atoms with Crippen LogP contribution in [0.3, 0.4) is 0 Å². The van der Waals surface area contributed by atoms with Crippen LogP contribution in [0.4, 0.5) is 0 Å². The van der Waals surface area contributed by atoms with Crippen LogP contribution < -0.4 is 0 Å². The van der Waals surface area contributed by atoms with Gasteiger partial charge in [0, 0.05) is 37.6 Å². The maximum atomic E-state index is 13.8. The molecule has 0 saturated carbocycles. The number of ether oxygens (including phenoxy) is 1. The van der Waals surface area contributed by atoms with E-state index in [9.17, 15) is 4.79 Å². The lowest BCUT2D eigenvalue weighted by molar-refractivity contribution is -0.132. The summed E-state index contributed by atoms with van der Waals surface area (Å²) in [7, 11) is 0. The first kappa shape index (κ1) is 20.5. The van der Waals surface area contributed by atoms with Crippen molar-refractivity contribution in [2.24, 2.45) is 5.92 Å². The molecule has 0 N–H and O–H groups in total. The van der Waals surface area contributed by atoms with Crippen LogP contribution in [0.1, 0.15) is 22.6 Å². The quantitative estimate of drug-likeness (QED) is 0.482. The van der Waals surface area contributed by atoms with Gasteiger partial charge >= 0.3 is 0 Å². The van der Waals surface area contributed by atoms with Crippen molar-refractivity contribution >= 4 is 11.6 Å². The van der Waals surface area contributed by atoms with Crippen molar-refractivity contribution in [1.82, 2.24) is 14.3 Å². The van der Waals surface area contributed by atoms with E-state index in [-0.39, 0.29) is 17.7 Å². The summed E-state index contributed by atoms with van der Waals surface area (Å²) in [6.07, 6.45) is 6.75. The molecule has 5 rings (SSSR count). The second-order valence-electron chi connectivity index (χ2n) is 8.41. The lowest BCUT2D eigenvalue weighted by Gasteiger charge is -2.28. The van der Waals surface area contributed by atoms with Gasteiger partial charge in [-0.25, -0.2) is 4.98 Å². The Labute approximate surface area is 188 Å². The van der Waals surface area contributed by atoms with E-state index in [1.807, 2.05) is 88.4 Å². The van der Waals surface area contributed by atoms with E-state index < -0.39 is 0 Å². The van der Waals surface area contributed by atoms with E-state index in [0.717, 1.165) is 23.2 Å². The summed E-state index contributed by atoms with van der Waals surface area (Å²) >= 11 is 0. The summed E-state index contributed by atoms with van der Waals surface area (Å²) in [4.78, 5) is 20.2. The first-order valence-corrected chi connectivity index (χ1v) is 11.2. The van der Waals surface area contributed by atoms with Crippen molar-refractivity contribution in [3.05, 3.63) is 108 Å². The topological polar surface area (TPSA) is 46.8 Å². The fourth-order valence-corrected chi connectivity index (χ4v) is 4.58. The summed E-state index contributed by atoms with van der Waals surface area (Å²) in [5.41, 5.74) is 4.21. The predicted octanol–water partition coefficient (Wildman–Crippen LogP) is 4.18. The number of hydrogen-bond acceptors (Lipinski definition) is 3. The standard InChI is InChI=1S/C27H27N3O2/c31-27(26(23-7-3-1-4-8-23)24-9-5-2-6-10-24)30-15-16-32-20-22(19-30)17-21-11-12-25-28-13-14-29(25)18-21/h1-14,18,22,26H,15-17,19-20H2. The molecule has 1 aliphatic heterocycles. The Morgan fingerprint density at radius 2 is 1.72 bits per heavy atom. The normalized spacial score (nSPS) is 16.9. The molecule has 1 amide bonds. The molecule has 2 aromatic heterocycles. The fourth-order valence-electron chi connectivity index (χ4n) is 4.58. The average Bonchev–Trinajstić information content (AvgIpc) is 3.18. The van der Waals surface area contributed by atoms with Crippen molar-refractivity contribution in [3.8, 4) is 0 Å². The molecule has 0 bridgehead atoms. The van der Waals surface area contributed by atoms with Gasteiger partial charge in [-0.15, -0.1) is 0 Å². The van der Waals surface area contributed by atoms with Crippen LogP contribution in [0.2, 0.25) is 0 Å². The van der Waals surface area contributed by atoms with Crippen molar-refractivity contribution in [2.45, 2.75) is 12.3 Å². The number of amides is 1. The highest BCUT2D eigenvalue weighted by atomic mass is 16.5. The molecule has 0 radical (unpaired) electrons. The van der Waals surface area contributed by atoms with Crippen LogP contribution in [0.15, 0.2) is 91.4 Å². The van der Waals surface area contributed by atoms with E-state index in [1.165, 1.54) is 5.56 Å². The van der Waals surface area contributed by atoms with E-state index in [4.69, 9.17) is 4.74 Å². The van der Waals surface area contributed by atoms with Crippen LogP contribution in [0, 0.1) is 5.92 Å². The van der Waals surface area contributed by atoms with Crippen molar-refractivity contribution < 1.29 is 9.53 Å². The van der Waals surface area contributed by atoms with Gasteiger partial charge in [-0.2, -0.15) is 0 Å². The number of carbonyl (C=O) groups excluding carboxylic acids is 1. The van der Waals surface area contributed by atoms with E-state index in [0.29, 0.717) is 26.3 Å². The minimum atomic E-state index is -0.307. The number of carbonyl (C=O) groups is 1. The molecule has 32 heavy (non-hydrogen) atoms. The Hall–Kier alpha value is -3.44. The van der Waals surface area contributed by atoms with Crippen molar-refractivity contribution in [1.29, 1.82) is 0 Å². The minimum Gasteiger partial charge on any atom is -0.379 e. The van der Waals surface area contributed by atoms with E-state index in [1.54, 1.807) is 0 Å². The number of imidazole rings is 1. The lowest BCUT2D eigenvalue weighted by Crippen LogP contribution is -2.39. The SMILES string of the molecule is O=C(C(c1ccccc1)c1ccccc1)N1CCOCC(Cc2ccc3nccn3c2)C1. The van der Waals surface area contributed by atoms with Gasteiger partial charge in [0.1, 0.15) is 5.65 Å². The molecule has 1 saturated heterocycles. The molecule has 1 atom stereocenters. The Balaban J connectivity index is 1.38. The van der Waals surface area contributed by atoms with Crippen molar-refractivity contribution in [3.63, 3.8) is 0 Å². The van der Waals surface area contributed by atoms with Crippen LogP contribution in [-0.2, 0) is 16.0 Å². The smallest absolute Gasteiger partial charge is 0.234 e. The molecule has 5 heteroatoms. The molecule has 4 aromatic rings. The molecule has 1 fully saturated rings. The molecular formula is C27H27N3O2. The lowest BCUT2D eigenvalue weighted by atomic mass is 9.89. The largest absolute Gasteiger partial charge is 0.379 e. The zero-order valence-corrected chi connectivity index (χ0v) is 18.0. The highest BCUT2D eigenvalue weighted by Gasteiger charge is 2.30. The molecule has 1 unspecified atom stereocenters. The Kier molecular flexibility index (Phi) is 5.99. The van der Waals surface area contributed by atoms with Gasteiger partial charge in [0.05, 0.1) is 19.1 Å². The summed E-state index contributed by atoms with van der Waals surface area (Å²) in [6.45, 7) is 2.54. The van der Waals surface area contributed by atoms with Gasteiger partial charge in [0.25, 0.3) is 0 Å². The molecule has 0 aliphatic carbocycles. The van der Waals surface area contributed by atoms with Gasteiger partial charge in [-0.05, 0) is 29.2 Å². The molecule has 0 spiro atoms. The first-order chi connectivity index (χ1) is 15.8. The third-order valence-corrected chi connectivity index (χ3v) is 6.14. The van der Waals surface area contributed by atoms with Crippen LogP contribution in [0.25, 0.3) is 5.65 Å². The number of benzene rings is 2. The Morgan fingerprint density at radius 1 is 1.00 bits per heavy atom. The number of nitrogens with zero attached hydrogens (tertiary/aromatic N) is 3. The third-order valence-electron chi connectivity index (χ3n) is 6.14. The van der Waals surface area contributed by atoms with Gasteiger partial charge in [-0.3, -0.25) is 4.79 Å². The monoisotopic (exact) mass is 425 g/mol. The zero-order valence-electron chi connectivity index (χ0n) is 18.0. The van der Waals surface area contributed by atoms with Gasteiger partial charge in [-0.1, -0.05) is 66.7 Å². The highest BCUT2D eigenvalue weighted by molar-refractivity contribution is 5.87. The Morgan fingerprint density at radius 3 is 2.44 bits per heavy atom. The maximum Gasteiger partial charge on any atom is 0.234 e. The number of pyridine rings is 1. The number of hydrogen-bond donors (Lipinski definition) is 0. The zero-order chi connectivity index (χ0) is 21.8. The van der Waals surface area contributed by atoms with Crippen LogP contribution in [0.5, 0.6) is 0 Å². The van der Waals surface area contributed by atoms with Crippen LogP contribution in [-0.4, -0.2) is 46.5 Å². The van der Waals surface area contributed by atoms with E-state index in [2.05, 4.69) is 17.2 Å². The van der Waals surface area contributed by atoms with Gasteiger partial charge in [0.2, 0.25) is 5.91 Å². The molecule has 5 nitrogen and oxygen atoms in total. The number of aromatic nitrogens is 2. The summed E-state index contributed by atoms with van der Waals surface area (Å²) in [5, 5.41) is 0. The predicted molar refractivity (Wildman–Crippen MR) is 125 cm³/mol. The minimum absolute atomic E-state index is 0.142. The number of fused-ring (bicyclic) bond motifs is 1. The molecule has 2 aromatic carbocycles. The fraction of sp³-hybridized carbons (Fsp3) is 0.259. The highest BCUT2D eigenvalue weighted by Crippen LogP contribution is 2.28. The molecule has 162 valence electrons. The van der Waals surface area contributed by atoms with Gasteiger partial charge < -0.3 is 14.0 Å². The number of rotatable bonds is 5. The molecule has 3 heterocycles. The average molecular weight is 426 g/mol. The summed E-state index contributed by atoms with van der Waals surface area (Å²) < 4.78 is 7.95. The molecule has 1 aliphatic rings.